The highest BCUT2D eigenvalue weighted by Crippen LogP contribution is 2.16. The van der Waals surface area contributed by atoms with Crippen LogP contribution in [0.15, 0.2) is 15.8 Å². The van der Waals surface area contributed by atoms with Gasteiger partial charge in [0.05, 0.1) is 10.9 Å². The molecule has 0 fully saturated rings. The van der Waals surface area contributed by atoms with Gasteiger partial charge in [0.1, 0.15) is 5.69 Å². The molecule has 0 spiro atoms. The smallest absolute Gasteiger partial charge is 0.305 e. The van der Waals surface area contributed by atoms with Crippen LogP contribution in [0.3, 0.4) is 0 Å². The Labute approximate surface area is 110 Å². The van der Waals surface area contributed by atoms with Crippen LogP contribution in [0.5, 0.6) is 0 Å². The number of aliphatic carboxylic acids is 1. The second-order valence-corrected chi connectivity index (χ2v) is 4.58. The summed E-state index contributed by atoms with van der Waals surface area (Å²) < 4.78 is 0.475. The van der Waals surface area contributed by atoms with E-state index in [4.69, 9.17) is 5.11 Å². The number of halogens is 1. The van der Waals surface area contributed by atoms with E-state index >= 15 is 0 Å². The van der Waals surface area contributed by atoms with E-state index in [0.29, 0.717) is 9.63 Å². The van der Waals surface area contributed by atoms with Crippen LogP contribution in [-0.4, -0.2) is 39.8 Å². The average Bonchev–Trinajstić information content (AvgIpc) is 2.29. The minimum Gasteiger partial charge on any atom is -0.481 e. The van der Waals surface area contributed by atoms with Gasteiger partial charge in [0, 0.05) is 12.7 Å². The number of nitrogens with one attached hydrogen (secondary N) is 1. The largest absolute Gasteiger partial charge is 0.481 e. The summed E-state index contributed by atoms with van der Waals surface area (Å²) in [7, 11) is 0. The summed E-state index contributed by atoms with van der Waals surface area (Å²) in [5.74, 6) is -1.38. The Morgan fingerprint density at radius 1 is 1.59 bits per heavy atom. The third-order valence-corrected chi connectivity index (χ3v) is 2.89. The lowest BCUT2D eigenvalue weighted by Gasteiger charge is -2.05. The topological polar surface area (TPSA) is 92.2 Å². The van der Waals surface area contributed by atoms with Crippen molar-refractivity contribution in [2.75, 3.05) is 12.8 Å². The van der Waals surface area contributed by atoms with Crippen molar-refractivity contribution in [1.82, 2.24) is 15.3 Å². The Bertz CT molecular complexity index is 441. The van der Waals surface area contributed by atoms with Crippen LogP contribution in [-0.2, 0) is 4.79 Å². The number of hydrogen-bond donors (Lipinski definition) is 2. The molecule has 0 aromatic carbocycles. The van der Waals surface area contributed by atoms with Crippen LogP contribution < -0.4 is 5.32 Å². The molecule has 0 bridgehead atoms. The van der Waals surface area contributed by atoms with Gasteiger partial charge in [0.15, 0.2) is 5.16 Å². The van der Waals surface area contributed by atoms with Gasteiger partial charge in [-0.1, -0.05) is 11.8 Å². The van der Waals surface area contributed by atoms with Crippen LogP contribution in [0.25, 0.3) is 0 Å². The van der Waals surface area contributed by atoms with E-state index in [2.05, 4.69) is 31.2 Å². The molecule has 0 saturated heterocycles. The minimum absolute atomic E-state index is 0.0687. The molecule has 1 aromatic rings. The van der Waals surface area contributed by atoms with Crippen LogP contribution >= 0.6 is 27.7 Å². The first-order valence-electron chi connectivity index (χ1n) is 4.61. The molecule has 1 rings (SSSR count). The summed E-state index contributed by atoms with van der Waals surface area (Å²) >= 11 is 4.49. The van der Waals surface area contributed by atoms with E-state index in [1.165, 1.54) is 18.0 Å². The highest BCUT2D eigenvalue weighted by Gasteiger charge is 2.13. The van der Waals surface area contributed by atoms with Gasteiger partial charge >= 0.3 is 5.97 Å². The number of rotatable bonds is 5. The first-order valence-corrected chi connectivity index (χ1v) is 6.63. The first-order chi connectivity index (χ1) is 8.04. The summed E-state index contributed by atoms with van der Waals surface area (Å²) in [6.45, 7) is 0.0687. The lowest BCUT2D eigenvalue weighted by Crippen LogP contribution is -2.27. The summed E-state index contributed by atoms with van der Waals surface area (Å²) in [5, 5.41) is 11.4. The Balaban J connectivity index is 2.70. The second kappa shape index (κ2) is 6.55. The highest BCUT2D eigenvalue weighted by molar-refractivity contribution is 9.10. The Morgan fingerprint density at radius 2 is 2.29 bits per heavy atom. The van der Waals surface area contributed by atoms with Crippen molar-refractivity contribution in [3.05, 3.63) is 16.4 Å². The van der Waals surface area contributed by atoms with Gasteiger partial charge < -0.3 is 10.4 Å². The number of amides is 1. The molecule has 6 nitrogen and oxygen atoms in total. The zero-order valence-corrected chi connectivity index (χ0v) is 11.3. The van der Waals surface area contributed by atoms with Crippen LogP contribution in [0, 0.1) is 0 Å². The van der Waals surface area contributed by atoms with Gasteiger partial charge in [-0.05, 0) is 22.2 Å². The molecule has 0 unspecified atom stereocenters. The van der Waals surface area contributed by atoms with Gasteiger partial charge in [0.25, 0.3) is 5.91 Å². The van der Waals surface area contributed by atoms with Crippen molar-refractivity contribution in [3.8, 4) is 0 Å². The van der Waals surface area contributed by atoms with E-state index in [1.807, 2.05) is 0 Å². The lowest BCUT2D eigenvalue weighted by atomic mass is 10.3. The molecule has 1 aromatic heterocycles. The predicted molar refractivity (Wildman–Crippen MR) is 66.1 cm³/mol. The predicted octanol–water partition coefficient (Wildman–Crippen LogP) is 1.17. The van der Waals surface area contributed by atoms with E-state index in [1.54, 1.807) is 6.26 Å². The van der Waals surface area contributed by atoms with Gasteiger partial charge in [-0.15, -0.1) is 0 Å². The van der Waals surface area contributed by atoms with Crippen molar-refractivity contribution in [1.29, 1.82) is 0 Å². The molecule has 0 aliphatic heterocycles. The van der Waals surface area contributed by atoms with E-state index in [9.17, 15) is 9.59 Å². The SMILES string of the molecule is CSc1ncc(Br)c(C(=O)NCCC(=O)O)n1. The number of carboxylic acids is 1. The molecule has 0 radical (unpaired) electrons. The molecule has 0 aliphatic carbocycles. The summed E-state index contributed by atoms with van der Waals surface area (Å²) in [6.07, 6.45) is 3.17. The molecular formula is C9H10BrN3O3S. The molecule has 0 aliphatic rings. The maximum absolute atomic E-state index is 11.7. The first kappa shape index (κ1) is 13.9. The van der Waals surface area contributed by atoms with Crippen LogP contribution in [0.4, 0.5) is 0 Å². The second-order valence-electron chi connectivity index (χ2n) is 2.95. The number of thioether (sulfide) groups is 1. The number of aromatic nitrogens is 2. The summed E-state index contributed by atoms with van der Waals surface area (Å²) in [4.78, 5) is 30.0. The fraction of sp³-hybridized carbons (Fsp3) is 0.333. The lowest BCUT2D eigenvalue weighted by molar-refractivity contribution is -0.136. The Kier molecular flexibility index (Phi) is 5.36. The summed E-state index contributed by atoms with van der Waals surface area (Å²) in [5.41, 5.74) is 0.203. The molecule has 1 amide bonds. The van der Waals surface area contributed by atoms with Gasteiger partial charge in [0.2, 0.25) is 0 Å². The molecule has 8 heteroatoms. The molecule has 2 N–H and O–H groups in total. The fourth-order valence-electron chi connectivity index (χ4n) is 0.975. The molecule has 1 heterocycles. The van der Waals surface area contributed by atoms with E-state index in [-0.39, 0.29) is 18.7 Å². The zero-order valence-electron chi connectivity index (χ0n) is 8.94. The van der Waals surface area contributed by atoms with Crippen molar-refractivity contribution < 1.29 is 14.7 Å². The Hall–Kier alpha value is -1.15. The van der Waals surface area contributed by atoms with Gasteiger partial charge in [-0.3, -0.25) is 9.59 Å². The number of carboxylic acid groups (broad SMARTS) is 1. The quantitative estimate of drug-likeness (QED) is 0.625. The Morgan fingerprint density at radius 3 is 2.88 bits per heavy atom. The van der Waals surface area contributed by atoms with Gasteiger partial charge in [-0.25, -0.2) is 9.97 Å². The molecule has 17 heavy (non-hydrogen) atoms. The standard InChI is InChI=1S/C9H10BrN3O3S/c1-17-9-12-4-5(10)7(13-9)8(16)11-3-2-6(14)15/h4H,2-3H2,1H3,(H,11,16)(H,14,15). The maximum atomic E-state index is 11.7. The molecule has 0 saturated carbocycles. The molecule has 0 atom stereocenters. The highest BCUT2D eigenvalue weighted by atomic mass is 79.9. The molecule has 92 valence electrons. The normalized spacial score (nSPS) is 10.0. The van der Waals surface area contributed by atoms with Crippen molar-refractivity contribution in [2.24, 2.45) is 0 Å². The van der Waals surface area contributed by atoms with Crippen molar-refractivity contribution in [3.63, 3.8) is 0 Å². The van der Waals surface area contributed by atoms with Gasteiger partial charge in [-0.2, -0.15) is 0 Å². The third kappa shape index (κ3) is 4.31. The number of carbonyl (C=O) groups is 2. The van der Waals surface area contributed by atoms with E-state index in [0.717, 1.165) is 0 Å². The van der Waals surface area contributed by atoms with Crippen LogP contribution in [0.2, 0.25) is 0 Å². The third-order valence-electron chi connectivity index (χ3n) is 1.74. The zero-order chi connectivity index (χ0) is 12.8. The van der Waals surface area contributed by atoms with Crippen LogP contribution in [0.1, 0.15) is 16.9 Å². The average molecular weight is 320 g/mol. The maximum Gasteiger partial charge on any atom is 0.305 e. The summed E-state index contributed by atoms with van der Waals surface area (Å²) in [6, 6.07) is 0. The number of hydrogen-bond acceptors (Lipinski definition) is 5. The fourth-order valence-corrected chi connectivity index (χ4v) is 1.69. The minimum atomic E-state index is -0.961. The van der Waals surface area contributed by atoms with Crippen molar-refractivity contribution in [2.45, 2.75) is 11.6 Å². The monoisotopic (exact) mass is 319 g/mol. The molecular weight excluding hydrogens is 310 g/mol. The van der Waals surface area contributed by atoms with Crippen molar-refractivity contribution >= 4 is 39.6 Å². The van der Waals surface area contributed by atoms with E-state index < -0.39 is 11.9 Å². The number of carbonyl (C=O) groups excluding carboxylic acids is 1. The number of nitrogens with zero attached hydrogens (tertiary/aromatic N) is 2.